The standard InChI is InChI=1S/C22H24N2O3/c1-14(2)17-9-6-10-18-20(17)23-12-19(21(18)26)22(27)24-16(13-25)11-15-7-4-3-5-8-15/h3-10,12,14,16,25H,11,13H2,1-2H3,(H,23,26)(H,24,27). The maximum Gasteiger partial charge on any atom is 0.257 e. The predicted octanol–water partition coefficient (Wildman–Crippen LogP) is 2.98. The van der Waals surface area contributed by atoms with Crippen molar-refractivity contribution >= 4 is 16.8 Å². The summed E-state index contributed by atoms with van der Waals surface area (Å²) in [6, 6.07) is 14.7. The fourth-order valence-corrected chi connectivity index (χ4v) is 3.25. The van der Waals surface area contributed by atoms with Gasteiger partial charge in [-0.1, -0.05) is 56.3 Å². The Bertz CT molecular complexity index is 993. The molecule has 0 fully saturated rings. The van der Waals surface area contributed by atoms with Gasteiger partial charge in [0, 0.05) is 11.6 Å². The molecule has 0 saturated heterocycles. The molecule has 0 radical (unpaired) electrons. The summed E-state index contributed by atoms with van der Waals surface area (Å²) >= 11 is 0. The fraction of sp³-hybridized carbons (Fsp3) is 0.273. The van der Waals surface area contributed by atoms with Crippen LogP contribution in [0.4, 0.5) is 0 Å². The lowest BCUT2D eigenvalue weighted by atomic mass is 9.98. The zero-order chi connectivity index (χ0) is 19.4. The highest BCUT2D eigenvalue weighted by Crippen LogP contribution is 2.21. The van der Waals surface area contributed by atoms with Gasteiger partial charge >= 0.3 is 0 Å². The highest BCUT2D eigenvalue weighted by atomic mass is 16.3. The number of aliphatic hydroxyl groups is 1. The van der Waals surface area contributed by atoms with Crippen LogP contribution < -0.4 is 10.7 Å². The van der Waals surface area contributed by atoms with E-state index in [4.69, 9.17) is 0 Å². The lowest BCUT2D eigenvalue weighted by Gasteiger charge is -2.17. The third kappa shape index (κ3) is 4.09. The third-order valence-electron chi connectivity index (χ3n) is 4.69. The van der Waals surface area contributed by atoms with Crippen molar-refractivity contribution in [3.63, 3.8) is 0 Å². The van der Waals surface area contributed by atoms with Crippen molar-refractivity contribution in [2.24, 2.45) is 0 Å². The molecule has 0 aliphatic carbocycles. The van der Waals surface area contributed by atoms with Gasteiger partial charge in [-0.15, -0.1) is 0 Å². The highest BCUT2D eigenvalue weighted by molar-refractivity contribution is 5.97. The molecule has 3 aromatic rings. The summed E-state index contributed by atoms with van der Waals surface area (Å²) in [5, 5.41) is 12.9. The van der Waals surface area contributed by atoms with Gasteiger partial charge in [0.1, 0.15) is 5.56 Å². The van der Waals surface area contributed by atoms with Crippen LogP contribution >= 0.6 is 0 Å². The van der Waals surface area contributed by atoms with Crippen LogP contribution in [0.1, 0.15) is 41.3 Å². The minimum Gasteiger partial charge on any atom is -0.394 e. The largest absolute Gasteiger partial charge is 0.394 e. The third-order valence-corrected chi connectivity index (χ3v) is 4.69. The van der Waals surface area contributed by atoms with E-state index in [0.29, 0.717) is 11.8 Å². The second-order valence-corrected chi connectivity index (χ2v) is 7.00. The van der Waals surface area contributed by atoms with Gasteiger partial charge in [-0.25, -0.2) is 0 Å². The highest BCUT2D eigenvalue weighted by Gasteiger charge is 2.18. The molecule has 1 unspecified atom stereocenters. The average Bonchev–Trinajstić information content (AvgIpc) is 2.68. The van der Waals surface area contributed by atoms with Crippen molar-refractivity contribution in [3.05, 3.63) is 81.6 Å². The van der Waals surface area contributed by atoms with Gasteiger partial charge < -0.3 is 15.4 Å². The summed E-state index contributed by atoms with van der Waals surface area (Å²) in [6.07, 6.45) is 1.95. The average molecular weight is 364 g/mol. The summed E-state index contributed by atoms with van der Waals surface area (Å²) in [4.78, 5) is 28.6. The number of hydrogen-bond donors (Lipinski definition) is 3. The van der Waals surface area contributed by atoms with Gasteiger partial charge in [0.25, 0.3) is 5.91 Å². The lowest BCUT2D eigenvalue weighted by Crippen LogP contribution is -2.41. The number of carbonyl (C=O) groups excluding carboxylic acids is 1. The molecule has 5 nitrogen and oxygen atoms in total. The Morgan fingerprint density at radius 1 is 1.11 bits per heavy atom. The first-order valence-corrected chi connectivity index (χ1v) is 9.11. The molecule has 3 N–H and O–H groups in total. The maximum atomic E-state index is 12.8. The van der Waals surface area contributed by atoms with E-state index in [9.17, 15) is 14.7 Å². The molecule has 27 heavy (non-hydrogen) atoms. The molecule has 1 amide bonds. The molecular weight excluding hydrogens is 340 g/mol. The zero-order valence-electron chi connectivity index (χ0n) is 15.5. The molecule has 0 spiro atoms. The second-order valence-electron chi connectivity index (χ2n) is 7.00. The zero-order valence-corrected chi connectivity index (χ0v) is 15.5. The van der Waals surface area contributed by atoms with Crippen molar-refractivity contribution in [1.29, 1.82) is 0 Å². The van der Waals surface area contributed by atoms with Crippen molar-refractivity contribution in [2.75, 3.05) is 6.61 Å². The van der Waals surface area contributed by atoms with E-state index >= 15 is 0 Å². The van der Waals surface area contributed by atoms with Gasteiger partial charge in [0.05, 0.1) is 18.2 Å². The van der Waals surface area contributed by atoms with Crippen molar-refractivity contribution in [1.82, 2.24) is 10.3 Å². The summed E-state index contributed by atoms with van der Waals surface area (Å²) < 4.78 is 0. The molecule has 0 saturated carbocycles. The first-order chi connectivity index (χ1) is 13.0. The van der Waals surface area contributed by atoms with Gasteiger partial charge in [0.2, 0.25) is 5.43 Å². The summed E-state index contributed by atoms with van der Waals surface area (Å²) in [5.74, 6) is -0.225. The summed E-state index contributed by atoms with van der Waals surface area (Å²) in [6.45, 7) is 3.91. The Morgan fingerprint density at radius 2 is 1.85 bits per heavy atom. The molecule has 5 heteroatoms. The summed E-state index contributed by atoms with van der Waals surface area (Å²) in [5.41, 5.74) is 2.55. The number of aromatic amines is 1. The van der Waals surface area contributed by atoms with Crippen LogP contribution in [-0.4, -0.2) is 28.6 Å². The van der Waals surface area contributed by atoms with Crippen molar-refractivity contribution in [3.8, 4) is 0 Å². The van der Waals surface area contributed by atoms with E-state index in [1.165, 1.54) is 6.20 Å². The Hall–Kier alpha value is -2.92. The minimum atomic E-state index is -0.483. The molecule has 0 aliphatic rings. The lowest BCUT2D eigenvalue weighted by molar-refractivity contribution is 0.0915. The van der Waals surface area contributed by atoms with Crippen LogP contribution in [0, 0.1) is 0 Å². The fourth-order valence-electron chi connectivity index (χ4n) is 3.25. The Labute approximate surface area is 158 Å². The van der Waals surface area contributed by atoms with E-state index < -0.39 is 11.9 Å². The van der Waals surface area contributed by atoms with Crippen LogP contribution in [0.2, 0.25) is 0 Å². The number of aromatic nitrogens is 1. The normalized spacial score (nSPS) is 12.3. The molecule has 0 aliphatic heterocycles. The van der Waals surface area contributed by atoms with Gasteiger partial charge in [-0.3, -0.25) is 9.59 Å². The molecule has 1 atom stereocenters. The van der Waals surface area contributed by atoms with E-state index in [2.05, 4.69) is 24.1 Å². The second kappa shape index (κ2) is 8.18. The number of aliphatic hydroxyl groups excluding tert-OH is 1. The number of nitrogens with one attached hydrogen (secondary N) is 2. The van der Waals surface area contributed by atoms with E-state index in [1.807, 2.05) is 42.5 Å². The van der Waals surface area contributed by atoms with Gasteiger partial charge in [-0.2, -0.15) is 0 Å². The number of para-hydroxylation sites is 1. The number of pyridine rings is 1. The quantitative estimate of drug-likeness (QED) is 0.629. The molecule has 2 aromatic carbocycles. The van der Waals surface area contributed by atoms with Crippen LogP contribution in [0.25, 0.3) is 10.9 Å². The number of amides is 1. The maximum absolute atomic E-state index is 12.8. The van der Waals surface area contributed by atoms with E-state index in [-0.39, 0.29) is 23.5 Å². The number of H-pyrrole nitrogens is 1. The van der Waals surface area contributed by atoms with Crippen molar-refractivity contribution < 1.29 is 9.90 Å². The van der Waals surface area contributed by atoms with E-state index in [1.54, 1.807) is 6.07 Å². The molecular formula is C22H24N2O3. The first kappa shape index (κ1) is 18.9. The van der Waals surface area contributed by atoms with Gasteiger partial charge in [-0.05, 0) is 29.5 Å². The molecule has 1 heterocycles. The number of rotatable bonds is 6. The first-order valence-electron chi connectivity index (χ1n) is 9.11. The number of fused-ring (bicyclic) bond motifs is 1. The molecule has 140 valence electrons. The Morgan fingerprint density at radius 3 is 2.52 bits per heavy atom. The number of benzene rings is 2. The van der Waals surface area contributed by atoms with Crippen LogP contribution in [0.15, 0.2) is 59.5 Å². The number of carbonyl (C=O) groups is 1. The van der Waals surface area contributed by atoms with Crippen LogP contribution in [0.5, 0.6) is 0 Å². The van der Waals surface area contributed by atoms with Gasteiger partial charge in [0.15, 0.2) is 0 Å². The SMILES string of the molecule is CC(C)c1cccc2c(=O)c(C(=O)NC(CO)Cc3ccccc3)c[nH]c12. The van der Waals surface area contributed by atoms with E-state index in [0.717, 1.165) is 16.6 Å². The number of hydrogen-bond acceptors (Lipinski definition) is 3. The smallest absolute Gasteiger partial charge is 0.257 e. The molecule has 0 bridgehead atoms. The molecule has 1 aromatic heterocycles. The Kier molecular flexibility index (Phi) is 5.72. The Balaban J connectivity index is 1.87. The minimum absolute atomic E-state index is 0.0508. The molecule has 3 rings (SSSR count). The van der Waals surface area contributed by atoms with Crippen LogP contribution in [0.3, 0.4) is 0 Å². The topological polar surface area (TPSA) is 82.2 Å². The van der Waals surface area contributed by atoms with Crippen molar-refractivity contribution in [2.45, 2.75) is 32.2 Å². The monoisotopic (exact) mass is 364 g/mol. The predicted molar refractivity (Wildman–Crippen MR) is 107 cm³/mol. The van der Waals surface area contributed by atoms with Crippen LogP contribution in [-0.2, 0) is 6.42 Å². The summed E-state index contributed by atoms with van der Waals surface area (Å²) in [7, 11) is 0.